The second-order valence-corrected chi connectivity index (χ2v) is 24.0. The van der Waals surface area contributed by atoms with Crippen LogP contribution in [0.25, 0.3) is 33.0 Å². The molecule has 0 unspecified atom stereocenters. The van der Waals surface area contributed by atoms with Gasteiger partial charge in [0, 0.05) is 0 Å². The van der Waals surface area contributed by atoms with E-state index in [9.17, 15) is 4.79 Å². The maximum absolute atomic E-state index is 14.1. The van der Waals surface area contributed by atoms with Gasteiger partial charge in [0.2, 0.25) is 0 Å². The van der Waals surface area contributed by atoms with E-state index in [1.165, 1.54) is 73.9 Å². The average molecular weight is 595 g/mol. The molecule has 5 rings (SSSR count). The van der Waals surface area contributed by atoms with Gasteiger partial charge in [0.1, 0.15) is 0 Å². The zero-order chi connectivity index (χ0) is 25.8. The molecule has 0 amide bonds. The summed E-state index contributed by atoms with van der Waals surface area (Å²) in [6.07, 6.45) is 7.66. The van der Waals surface area contributed by atoms with Crippen LogP contribution >= 0.6 is 0 Å². The molecule has 1 nitrogen and oxygen atoms in total. The molecule has 0 saturated carbocycles. The Kier molecular flexibility index (Phi) is 8.19. The van der Waals surface area contributed by atoms with Crippen molar-refractivity contribution in [3.05, 3.63) is 90.0 Å². The van der Waals surface area contributed by atoms with Crippen LogP contribution in [-0.2, 0) is 0 Å². The number of hydrogen-bond donors (Lipinski definition) is 0. The number of carbonyl (C=O) groups is 1. The molecule has 37 heavy (non-hydrogen) atoms. The summed E-state index contributed by atoms with van der Waals surface area (Å²) >= 11 is -2.90. The Balaban J connectivity index is 1.90. The summed E-state index contributed by atoms with van der Waals surface area (Å²) in [5, 5.41) is 2.44. The number of fused-ring (bicyclic) bond motifs is 2. The Morgan fingerprint density at radius 3 is 1.78 bits per heavy atom. The standard InChI is InChI=1S/C23H13O.3C4H9.Sn/c24-23-20-10-5-4-9-17(20)19-12-6-11-18-16(13-14-21(23)22(18)19)15-7-2-1-3-8-15;3*1-3-4-2;/h1-12,14H;3*1,3-4H2,2H3;. The van der Waals surface area contributed by atoms with E-state index in [2.05, 4.69) is 87.5 Å². The fraction of sp³-hybridized carbons (Fsp3) is 0.343. The SMILES string of the molecule is CCC[CH2][Sn]([CH2]CCC)([CH2]CCC)[c]1cc2c3c(cccc3c1-c1ccccc1)-c1ccccc1C2=O. The van der Waals surface area contributed by atoms with Crippen molar-refractivity contribution < 1.29 is 4.79 Å². The molecule has 190 valence electrons. The van der Waals surface area contributed by atoms with Gasteiger partial charge in [-0.25, -0.2) is 0 Å². The van der Waals surface area contributed by atoms with Gasteiger partial charge in [-0.3, -0.25) is 0 Å². The first-order chi connectivity index (χ1) is 18.1. The van der Waals surface area contributed by atoms with Gasteiger partial charge in [0.05, 0.1) is 0 Å². The second kappa shape index (κ2) is 11.6. The first-order valence-corrected chi connectivity index (χ1v) is 21.9. The number of benzene rings is 4. The summed E-state index contributed by atoms with van der Waals surface area (Å²) in [6, 6.07) is 28.4. The average Bonchev–Trinajstić information content (AvgIpc) is 2.95. The predicted molar refractivity (Wildman–Crippen MR) is 163 cm³/mol. The van der Waals surface area contributed by atoms with Crippen molar-refractivity contribution in [2.45, 2.75) is 72.6 Å². The van der Waals surface area contributed by atoms with Crippen LogP contribution in [0.15, 0.2) is 78.9 Å². The van der Waals surface area contributed by atoms with E-state index in [-0.39, 0.29) is 5.78 Å². The summed E-state index contributed by atoms with van der Waals surface area (Å²) in [4.78, 5) is 14.1. The van der Waals surface area contributed by atoms with Crippen LogP contribution in [0.5, 0.6) is 0 Å². The molecular weight excluding hydrogens is 555 g/mol. The van der Waals surface area contributed by atoms with E-state index in [0.717, 1.165) is 22.1 Å². The Hall–Kier alpha value is -2.39. The summed E-state index contributed by atoms with van der Waals surface area (Å²) in [7, 11) is 0. The monoisotopic (exact) mass is 596 g/mol. The zero-order valence-corrected chi connectivity index (χ0v) is 25.6. The van der Waals surface area contributed by atoms with E-state index in [1.807, 2.05) is 12.1 Å². The van der Waals surface area contributed by atoms with Gasteiger partial charge in [0.15, 0.2) is 0 Å². The van der Waals surface area contributed by atoms with Crippen LogP contribution in [0.3, 0.4) is 0 Å². The van der Waals surface area contributed by atoms with Crippen LogP contribution in [0.1, 0.15) is 75.2 Å². The Morgan fingerprint density at radius 2 is 1.16 bits per heavy atom. The second-order valence-electron chi connectivity index (χ2n) is 10.9. The van der Waals surface area contributed by atoms with E-state index in [1.54, 1.807) is 3.58 Å². The normalized spacial score (nSPS) is 12.7. The number of hydrogen-bond acceptors (Lipinski definition) is 1. The van der Waals surface area contributed by atoms with E-state index < -0.39 is 18.4 Å². The molecular formula is C35H40OSn. The Labute approximate surface area is 227 Å². The zero-order valence-electron chi connectivity index (χ0n) is 22.8. The fourth-order valence-corrected chi connectivity index (χ4v) is 23.5. The number of ketones is 1. The van der Waals surface area contributed by atoms with Crippen molar-refractivity contribution in [2.75, 3.05) is 0 Å². The van der Waals surface area contributed by atoms with Crippen molar-refractivity contribution in [3.8, 4) is 22.3 Å². The summed E-state index contributed by atoms with van der Waals surface area (Å²) < 4.78 is 5.78. The third kappa shape index (κ3) is 4.80. The summed E-state index contributed by atoms with van der Waals surface area (Å²) in [6.45, 7) is 7.02. The van der Waals surface area contributed by atoms with Gasteiger partial charge in [-0.15, -0.1) is 0 Å². The molecule has 1 aliphatic carbocycles. The molecule has 0 saturated heterocycles. The molecule has 0 N–H and O–H groups in total. The van der Waals surface area contributed by atoms with Crippen molar-refractivity contribution in [2.24, 2.45) is 0 Å². The quantitative estimate of drug-likeness (QED) is 0.139. The topological polar surface area (TPSA) is 17.1 Å². The van der Waals surface area contributed by atoms with Gasteiger partial charge in [-0.1, -0.05) is 0 Å². The van der Waals surface area contributed by atoms with Crippen molar-refractivity contribution >= 4 is 38.5 Å². The van der Waals surface area contributed by atoms with Crippen LogP contribution < -0.4 is 3.58 Å². The molecule has 0 bridgehead atoms. The fourth-order valence-electron chi connectivity index (χ4n) is 6.61. The minimum atomic E-state index is -2.90. The first kappa shape index (κ1) is 26.2. The molecule has 1 aliphatic rings. The van der Waals surface area contributed by atoms with Crippen LogP contribution in [0, 0.1) is 0 Å². The van der Waals surface area contributed by atoms with Gasteiger partial charge < -0.3 is 0 Å². The van der Waals surface area contributed by atoms with E-state index in [4.69, 9.17) is 0 Å². The van der Waals surface area contributed by atoms with Crippen LogP contribution in [-0.4, -0.2) is 24.2 Å². The minimum absolute atomic E-state index is 0.210. The Bertz CT molecular complexity index is 1380. The van der Waals surface area contributed by atoms with Crippen molar-refractivity contribution in [3.63, 3.8) is 0 Å². The van der Waals surface area contributed by atoms with Crippen LogP contribution in [0.4, 0.5) is 0 Å². The first-order valence-electron chi connectivity index (χ1n) is 14.4. The van der Waals surface area contributed by atoms with Crippen molar-refractivity contribution in [1.82, 2.24) is 0 Å². The third-order valence-corrected chi connectivity index (χ3v) is 24.1. The molecule has 0 heterocycles. The summed E-state index contributed by atoms with van der Waals surface area (Å²) in [5.74, 6) is 0.210. The van der Waals surface area contributed by atoms with E-state index in [0.29, 0.717) is 0 Å². The molecule has 0 atom stereocenters. The molecule has 4 aromatic carbocycles. The number of rotatable bonds is 11. The molecule has 0 fully saturated rings. The molecule has 0 spiro atoms. The predicted octanol–water partition coefficient (Wildman–Crippen LogP) is 9.77. The van der Waals surface area contributed by atoms with E-state index >= 15 is 0 Å². The third-order valence-electron chi connectivity index (χ3n) is 8.53. The molecule has 0 radical (unpaired) electrons. The van der Waals surface area contributed by atoms with Crippen LogP contribution in [0.2, 0.25) is 13.3 Å². The molecule has 4 aromatic rings. The van der Waals surface area contributed by atoms with Gasteiger partial charge in [0.25, 0.3) is 0 Å². The molecule has 0 aromatic heterocycles. The van der Waals surface area contributed by atoms with Crippen molar-refractivity contribution in [1.29, 1.82) is 0 Å². The van der Waals surface area contributed by atoms with Gasteiger partial charge in [-0.05, 0) is 0 Å². The maximum atomic E-state index is 14.1. The van der Waals surface area contributed by atoms with Gasteiger partial charge >= 0.3 is 228 Å². The van der Waals surface area contributed by atoms with Gasteiger partial charge in [-0.2, -0.15) is 0 Å². The molecule has 2 heteroatoms. The number of unbranched alkanes of at least 4 members (excludes halogenated alkanes) is 3. The molecule has 0 aliphatic heterocycles. The number of carbonyl (C=O) groups excluding carboxylic acids is 1. The Morgan fingerprint density at radius 1 is 0.595 bits per heavy atom. The summed E-state index contributed by atoms with van der Waals surface area (Å²) in [5.41, 5.74) is 6.85.